The van der Waals surface area contributed by atoms with E-state index in [1.165, 1.54) is 54.3 Å². The summed E-state index contributed by atoms with van der Waals surface area (Å²) in [5, 5.41) is 5.27. The minimum atomic E-state index is 0.515. The topological polar surface area (TPSA) is 50.3 Å². The van der Waals surface area contributed by atoms with Gasteiger partial charge in [-0.25, -0.2) is 9.97 Å². The van der Waals surface area contributed by atoms with Gasteiger partial charge >= 0.3 is 0 Å². The fourth-order valence-corrected chi connectivity index (χ4v) is 6.88. The lowest BCUT2D eigenvalue weighted by molar-refractivity contribution is 0.0331. The van der Waals surface area contributed by atoms with Crippen molar-refractivity contribution in [2.24, 2.45) is 17.8 Å². The third-order valence-corrected chi connectivity index (χ3v) is 8.85. The highest BCUT2D eigenvalue weighted by Gasteiger charge is 2.30. The number of rotatable bonds is 4. The Labute approximate surface area is 184 Å². The first-order valence-corrected chi connectivity index (χ1v) is 12.8. The number of nitrogens with zero attached hydrogens (tertiary/aromatic N) is 3. The van der Waals surface area contributed by atoms with Crippen molar-refractivity contribution in [1.29, 1.82) is 0 Å². The first-order chi connectivity index (χ1) is 14.6. The predicted molar refractivity (Wildman–Crippen MR) is 124 cm³/mol. The standard InChI is InChI=1S/C24H36N4OS/c1-15-7-8-18-20(13-15)30-24-22(18)23(25-19-6-4-5-16(2)17(19)3)26-21(27-24)14-28-9-11-29-12-10-28/h15-17,19H,4-14H2,1-3H3,(H,25,26,27)/t15-,16-,17+,19+/m1/s1. The molecule has 2 aromatic rings. The molecule has 5 nitrogen and oxygen atoms in total. The summed E-state index contributed by atoms with van der Waals surface area (Å²) in [5.41, 5.74) is 1.53. The molecule has 2 aromatic heterocycles. The molecule has 6 heteroatoms. The highest BCUT2D eigenvalue weighted by Crippen LogP contribution is 2.41. The maximum absolute atomic E-state index is 5.53. The Morgan fingerprint density at radius 1 is 1.10 bits per heavy atom. The van der Waals surface area contributed by atoms with Gasteiger partial charge in [0.1, 0.15) is 16.5 Å². The molecule has 4 atom stereocenters. The summed E-state index contributed by atoms with van der Waals surface area (Å²) in [6.07, 6.45) is 7.58. The molecule has 1 saturated heterocycles. The first kappa shape index (κ1) is 20.7. The number of ether oxygens (including phenoxy) is 1. The third kappa shape index (κ3) is 4.11. The average molecular weight is 429 g/mol. The van der Waals surface area contributed by atoms with Gasteiger partial charge in [-0.15, -0.1) is 11.3 Å². The molecule has 2 fully saturated rings. The Hall–Kier alpha value is -1.24. The fourth-order valence-electron chi connectivity index (χ4n) is 5.48. The zero-order chi connectivity index (χ0) is 20.7. The minimum Gasteiger partial charge on any atom is -0.379 e. The van der Waals surface area contributed by atoms with Crippen molar-refractivity contribution in [1.82, 2.24) is 14.9 Å². The van der Waals surface area contributed by atoms with Gasteiger partial charge < -0.3 is 10.1 Å². The summed E-state index contributed by atoms with van der Waals surface area (Å²) < 4.78 is 5.53. The van der Waals surface area contributed by atoms with Crippen LogP contribution >= 0.6 is 11.3 Å². The third-order valence-electron chi connectivity index (χ3n) is 7.70. The summed E-state index contributed by atoms with van der Waals surface area (Å²) in [5.74, 6) is 4.32. The van der Waals surface area contributed by atoms with Gasteiger partial charge in [-0.1, -0.05) is 33.6 Å². The second-order valence-electron chi connectivity index (χ2n) is 9.93. The smallest absolute Gasteiger partial charge is 0.146 e. The van der Waals surface area contributed by atoms with Gasteiger partial charge in [0.15, 0.2) is 0 Å². The second-order valence-corrected chi connectivity index (χ2v) is 11.0. The van der Waals surface area contributed by atoms with Crippen LogP contribution < -0.4 is 5.32 Å². The van der Waals surface area contributed by atoms with Crippen LogP contribution in [0.15, 0.2) is 0 Å². The first-order valence-electron chi connectivity index (χ1n) is 12.0. The zero-order valence-electron chi connectivity index (χ0n) is 18.7. The van der Waals surface area contributed by atoms with Crippen molar-refractivity contribution < 1.29 is 4.74 Å². The summed E-state index contributed by atoms with van der Waals surface area (Å²) in [4.78, 5) is 15.4. The molecule has 3 aliphatic rings. The Morgan fingerprint density at radius 2 is 1.93 bits per heavy atom. The van der Waals surface area contributed by atoms with Crippen LogP contribution in [0.5, 0.6) is 0 Å². The maximum atomic E-state index is 5.53. The molecule has 1 N–H and O–H groups in total. The highest BCUT2D eigenvalue weighted by molar-refractivity contribution is 7.19. The zero-order valence-corrected chi connectivity index (χ0v) is 19.6. The van der Waals surface area contributed by atoms with Crippen molar-refractivity contribution >= 4 is 27.4 Å². The molecular formula is C24H36N4OS. The van der Waals surface area contributed by atoms with Gasteiger partial charge in [-0.2, -0.15) is 0 Å². The Morgan fingerprint density at radius 3 is 2.77 bits per heavy atom. The lowest BCUT2D eigenvalue weighted by atomic mass is 9.78. The van der Waals surface area contributed by atoms with Crippen molar-refractivity contribution in [2.45, 2.75) is 71.9 Å². The fraction of sp³-hybridized carbons (Fsp3) is 0.750. The molecule has 30 heavy (non-hydrogen) atoms. The van der Waals surface area contributed by atoms with E-state index in [1.54, 1.807) is 4.88 Å². The normalized spacial score (nSPS) is 30.4. The lowest BCUT2D eigenvalue weighted by Crippen LogP contribution is -2.37. The lowest BCUT2D eigenvalue weighted by Gasteiger charge is -2.35. The molecule has 3 heterocycles. The van der Waals surface area contributed by atoms with Crippen LogP contribution in [0, 0.1) is 17.8 Å². The van der Waals surface area contributed by atoms with Crippen LogP contribution in [-0.4, -0.2) is 47.2 Å². The van der Waals surface area contributed by atoms with E-state index in [0.717, 1.165) is 56.3 Å². The summed E-state index contributed by atoms with van der Waals surface area (Å²) >= 11 is 1.92. The van der Waals surface area contributed by atoms with Gasteiger partial charge in [0.25, 0.3) is 0 Å². The summed E-state index contributed by atoms with van der Waals surface area (Å²) in [7, 11) is 0. The molecule has 0 amide bonds. The van der Waals surface area contributed by atoms with Crippen LogP contribution in [-0.2, 0) is 24.1 Å². The molecule has 0 spiro atoms. The number of thiophene rings is 1. The van der Waals surface area contributed by atoms with E-state index in [9.17, 15) is 0 Å². The minimum absolute atomic E-state index is 0.515. The van der Waals surface area contributed by atoms with Gasteiger partial charge in [0.2, 0.25) is 0 Å². The number of anilines is 1. The summed E-state index contributed by atoms with van der Waals surface area (Å²) in [6.45, 7) is 11.6. The summed E-state index contributed by atoms with van der Waals surface area (Å²) in [6, 6.07) is 0.515. The molecule has 5 rings (SSSR count). The Balaban J connectivity index is 1.51. The molecule has 0 bridgehead atoms. The molecule has 1 aliphatic heterocycles. The van der Waals surface area contributed by atoms with E-state index >= 15 is 0 Å². The van der Waals surface area contributed by atoms with E-state index < -0.39 is 0 Å². The van der Waals surface area contributed by atoms with Crippen LogP contribution in [0.4, 0.5) is 5.82 Å². The van der Waals surface area contributed by atoms with Gasteiger partial charge in [-0.05, 0) is 49.0 Å². The number of hydrogen-bond donors (Lipinski definition) is 1. The Bertz CT molecular complexity index is 891. The van der Waals surface area contributed by atoms with Crippen molar-refractivity contribution in [2.75, 3.05) is 31.6 Å². The van der Waals surface area contributed by atoms with Crippen LogP contribution in [0.25, 0.3) is 10.2 Å². The molecule has 2 aliphatic carbocycles. The number of fused-ring (bicyclic) bond motifs is 3. The van der Waals surface area contributed by atoms with Gasteiger partial charge in [0, 0.05) is 24.0 Å². The highest BCUT2D eigenvalue weighted by atomic mass is 32.1. The van der Waals surface area contributed by atoms with E-state index in [1.807, 2.05) is 11.3 Å². The monoisotopic (exact) mass is 428 g/mol. The van der Waals surface area contributed by atoms with Crippen LogP contribution in [0.3, 0.4) is 0 Å². The molecule has 0 unspecified atom stereocenters. The maximum Gasteiger partial charge on any atom is 0.146 e. The van der Waals surface area contributed by atoms with Crippen molar-refractivity contribution in [3.63, 3.8) is 0 Å². The number of aryl methyl sites for hydroxylation is 1. The van der Waals surface area contributed by atoms with Gasteiger partial charge in [0.05, 0.1) is 25.1 Å². The predicted octanol–water partition coefficient (Wildman–Crippen LogP) is 4.88. The second kappa shape index (κ2) is 8.71. The largest absolute Gasteiger partial charge is 0.379 e. The van der Waals surface area contributed by atoms with E-state index in [4.69, 9.17) is 14.7 Å². The average Bonchev–Trinajstić information content (AvgIpc) is 3.09. The van der Waals surface area contributed by atoms with Gasteiger partial charge in [-0.3, -0.25) is 4.90 Å². The van der Waals surface area contributed by atoms with Crippen molar-refractivity contribution in [3.05, 3.63) is 16.3 Å². The SMILES string of the molecule is C[C@@H]1CCc2c(sc3nc(CN4CCOCC4)nc(N[C@H]4CCC[C@@H](C)[C@@H]4C)c23)C1. The quantitative estimate of drug-likeness (QED) is 0.752. The Kier molecular flexibility index (Phi) is 6.00. The van der Waals surface area contributed by atoms with Crippen molar-refractivity contribution in [3.8, 4) is 0 Å². The number of aromatic nitrogens is 2. The molecule has 1 saturated carbocycles. The number of morpholine rings is 1. The van der Waals surface area contributed by atoms with Crippen LogP contribution in [0.2, 0.25) is 0 Å². The van der Waals surface area contributed by atoms with E-state index in [2.05, 4.69) is 31.0 Å². The molecule has 0 radical (unpaired) electrons. The van der Waals surface area contributed by atoms with E-state index in [-0.39, 0.29) is 0 Å². The number of hydrogen-bond acceptors (Lipinski definition) is 6. The van der Waals surface area contributed by atoms with Crippen LogP contribution in [0.1, 0.15) is 62.7 Å². The molecule has 0 aromatic carbocycles. The molecular weight excluding hydrogens is 392 g/mol. The van der Waals surface area contributed by atoms with E-state index in [0.29, 0.717) is 12.0 Å². The number of nitrogens with one attached hydrogen (secondary N) is 1. The molecule has 164 valence electrons.